The van der Waals surface area contributed by atoms with Crippen molar-refractivity contribution >= 4 is 33.4 Å². The van der Waals surface area contributed by atoms with E-state index in [2.05, 4.69) is 20.3 Å². The Bertz CT molecular complexity index is 1330. The van der Waals surface area contributed by atoms with Crippen molar-refractivity contribution in [3.63, 3.8) is 0 Å². The number of nitrogens with zero attached hydrogens (tertiary/aromatic N) is 3. The Morgan fingerprint density at radius 2 is 1.80 bits per heavy atom. The van der Waals surface area contributed by atoms with Crippen LogP contribution in [0, 0.1) is 0 Å². The topological polar surface area (TPSA) is 110 Å². The van der Waals surface area contributed by atoms with Gasteiger partial charge in [0.1, 0.15) is 0 Å². The molecule has 4 aromatic rings. The number of amides is 1. The van der Waals surface area contributed by atoms with E-state index in [0.29, 0.717) is 46.9 Å². The molecule has 0 bridgehead atoms. The second-order valence-electron chi connectivity index (χ2n) is 7.08. The molecule has 152 valence electrons. The van der Waals surface area contributed by atoms with E-state index in [1.54, 1.807) is 35.2 Å². The first-order valence-electron chi connectivity index (χ1n) is 9.83. The molecule has 0 fully saturated rings. The standard InChI is InChI=1S/C22H21N5O3/c28-20(26-15-9-10-19-17(12-15)21(29)24-13-23-19)8-2-1-5-11-27-14-25-18-7-4-3-6-16(18)22(27)30/h3-4,6-7,9-10,12-14H,1-2,5,8,11H2,(H,26,28)(H,23,24,29). The van der Waals surface area contributed by atoms with Crippen molar-refractivity contribution < 1.29 is 4.79 Å². The summed E-state index contributed by atoms with van der Waals surface area (Å²) in [6, 6.07) is 12.3. The van der Waals surface area contributed by atoms with Gasteiger partial charge in [-0.15, -0.1) is 0 Å². The van der Waals surface area contributed by atoms with Crippen molar-refractivity contribution in [2.75, 3.05) is 5.32 Å². The summed E-state index contributed by atoms with van der Waals surface area (Å²) in [5, 5.41) is 3.86. The van der Waals surface area contributed by atoms with E-state index >= 15 is 0 Å². The Morgan fingerprint density at radius 1 is 0.967 bits per heavy atom. The van der Waals surface area contributed by atoms with Gasteiger partial charge in [-0.2, -0.15) is 0 Å². The fourth-order valence-electron chi connectivity index (χ4n) is 3.38. The lowest BCUT2D eigenvalue weighted by Gasteiger charge is -2.07. The van der Waals surface area contributed by atoms with Crippen molar-refractivity contribution in [2.45, 2.75) is 32.2 Å². The maximum absolute atomic E-state index is 12.5. The normalized spacial score (nSPS) is 11.1. The quantitative estimate of drug-likeness (QED) is 0.461. The lowest BCUT2D eigenvalue weighted by atomic mass is 10.1. The summed E-state index contributed by atoms with van der Waals surface area (Å²) in [6.45, 7) is 0.568. The van der Waals surface area contributed by atoms with Crippen LogP contribution in [0.2, 0.25) is 0 Å². The number of aromatic nitrogens is 4. The average molecular weight is 403 g/mol. The second-order valence-corrected chi connectivity index (χ2v) is 7.08. The Labute approximate surface area is 171 Å². The van der Waals surface area contributed by atoms with E-state index in [4.69, 9.17) is 0 Å². The number of unbranched alkanes of at least 4 members (excludes halogenated alkanes) is 2. The Morgan fingerprint density at radius 3 is 2.70 bits per heavy atom. The van der Waals surface area contributed by atoms with Gasteiger partial charge in [-0.3, -0.25) is 19.0 Å². The molecule has 8 heteroatoms. The zero-order chi connectivity index (χ0) is 20.9. The van der Waals surface area contributed by atoms with Crippen LogP contribution in [-0.4, -0.2) is 25.4 Å². The van der Waals surface area contributed by atoms with Gasteiger partial charge in [-0.1, -0.05) is 18.6 Å². The summed E-state index contributed by atoms with van der Waals surface area (Å²) in [6.07, 6.45) is 5.60. The highest BCUT2D eigenvalue weighted by atomic mass is 16.1. The third-order valence-electron chi connectivity index (χ3n) is 4.96. The third-order valence-corrected chi connectivity index (χ3v) is 4.96. The van der Waals surface area contributed by atoms with Gasteiger partial charge in [0.25, 0.3) is 11.1 Å². The van der Waals surface area contributed by atoms with E-state index in [1.165, 1.54) is 6.33 Å². The summed E-state index contributed by atoms with van der Waals surface area (Å²) < 4.78 is 1.61. The third kappa shape index (κ3) is 4.27. The van der Waals surface area contributed by atoms with Crippen LogP contribution in [0.25, 0.3) is 21.8 Å². The number of nitrogens with one attached hydrogen (secondary N) is 2. The number of rotatable bonds is 7. The van der Waals surface area contributed by atoms with E-state index < -0.39 is 0 Å². The molecule has 0 radical (unpaired) electrons. The average Bonchev–Trinajstić information content (AvgIpc) is 2.76. The first-order chi connectivity index (χ1) is 14.6. The predicted octanol–water partition coefficient (Wildman–Crippen LogP) is 2.83. The molecule has 2 aromatic heterocycles. The molecule has 2 N–H and O–H groups in total. The molecule has 0 aliphatic heterocycles. The van der Waals surface area contributed by atoms with Crippen LogP contribution in [-0.2, 0) is 11.3 Å². The fraction of sp³-hybridized carbons (Fsp3) is 0.227. The smallest absolute Gasteiger partial charge is 0.261 e. The van der Waals surface area contributed by atoms with Crippen LogP contribution >= 0.6 is 0 Å². The predicted molar refractivity (Wildman–Crippen MR) is 115 cm³/mol. The Kier molecular flexibility index (Phi) is 5.65. The number of para-hydroxylation sites is 1. The van der Waals surface area contributed by atoms with E-state index in [9.17, 15) is 14.4 Å². The number of fused-ring (bicyclic) bond motifs is 2. The summed E-state index contributed by atoms with van der Waals surface area (Å²) >= 11 is 0. The number of aromatic amines is 1. The van der Waals surface area contributed by atoms with Gasteiger partial charge in [-0.25, -0.2) is 9.97 Å². The molecule has 0 aliphatic carbocycles. The van der Waals surface area contributed by atoms with Gasteiger partial charge in [0, 0.05) is 18.7 Å². The van der Waals surface area contributed by atoms with Crippen molar-refractivity contribution in [3.05, 3.63) is 75.8 Å². The van der Waals surface area contributed by atoms with Crippen molar-refractivity contribution in [3.8, 4) is 0 Å². The van der Waals surface area contributed by atoms with Crippen molar-refractivity contribution in [1.29, 1.82) is 0 Å². The molecular weight excluding hydrogens is 382 g/mol. The first-order valence-corrected chi connectivity index (χ1v) is 9.83. The molecule has 0 saturated heterocycles. The lowest BCUT2D eigenvalue weighted by Crippen LogP contribution is -2.20. The van der Waals surface area contributed by atoms with Crippen LogP contribution in [0.15, 0.2) is 64.7 Å². The molecule has 0 aliphatic rings. The van der Waals surface area contributed by atoms with Gasteiger partial charge in [0.05, 0.1) is 34.5 Å². The summed E-state index contributed by atoms with van der Waals surface area (Å²) in [4.78, 5) is 47.4. The van der Waals surface area contributed by atoms with Crippen LogP contribution in [0.1, 0.15) is 25.7 Å². The zero-order valence-electron chi connectivity index (χ0n) is 16.3. The molecule has 1 amide bonds. The number of aryl methyl sites for hydroxylation is 1. The first kappa shape index (κ1) is 19.5. The maximum Gasteiger partial charge on any atom is 0.261 e. The van der Waals surface area contributed by atoms with Crippen LogP contribution in [0.3, 0.4) is 0 Å². The Hall–Kier alpha value is -3.81. The molecule has 30 heavy (non-hydrogen) atoms. The molecular formula is C22H21N5O3. The fourth-order valence-corrected chi connectivity index (χ4v) is 3.38. The minimum absolute atomic E-state index is 0.0425. The van der Waals surface area contributed by atoms with Gasteiger partial charge < -0.3 is 10.3 Å². The van der Waals surface area contributed by atoms with Gasteiger partial charge in [0.15, 0.2) is 0 Å². The molecule has 0 saturated carbocycles. The highest BCUT2D eigenvalue weighted by molar-refractivity contribution is 5.93. The largest absolute Gasteiger partial charge is 0.326 e. The number of hydrogen-bond acceptors (Lipinski definition) is 5. The molecule has 0 atom stereocenters. The number of H-pyrrole nitrogens is 1. The van der Waals surface area contributed by atoms with Crippen LogP contribution in [0.4, 0.5) is 5.69 Å². The van der Waals surface area contributed by atoms with Crippen molar-refractivity contribution in [2.24, 2.45) is 0 Å². The maximum atomic E-state index is 12.5. The highest BCUT2D eigenvalue weighted by Crippen LogP contribution is 2.14. The van der Waals surface area contributed by atoms with Crippen LogP contribution in [0.5, 0.6) is 0 Å². The van der Waals surface area contributed by atoms with E-state index in [0.717, 1.165) is 12.8 Å². The van der Waals surface area contributed by atoms with Gasteiger partial charge >= 0.3 is 0 Å². The SMILES string of the molecule is O=C(CCCCCn1cnc2ccccc2c1=O)Nc1ccc2nc[nH]c(=O)c2c1. The molecule has 4 rings (SSSR count). The number of carbonyl (C=O) groups excluding carboxylic acids is 1. The minimum Gasteiger partial charge on any atom is -0.326 e. The highest BCUT2D eigenvalue weighted by Gasteiger charge is 2.06. The summed E-state index contributed by atoms with van der Waals surface area (Å²) in [5.74, 6) is -0.112. The summed E-state index contributed by atoms with van der Waals surface area (Å²) in [7, 11) is 0. The van der Waals surface area contributed by atoms with Gasteiger partial charge in [0.2, 0.25) is 5.91 Å². The molecule has 2 heterocycles. The number of hydrogen-bond donors (Lipinski definition) is 2. The molecule has 2 aromatic carbocycles. The number of benzene rings is 2. The van der Waals surface area contributed by atoms with Gasteiger partial charge in [-0.05, 0) is 43.2 Å². The van der Waals surface area contributed by atoms with Crippen molar-refractivity contribution in [1.82, 2.24) is 19.5 Å². The second kappa shape index (κ2) is 8.69. The molecule has 0 unspecified atom stereocenters. The molecule has 8 nitrogen and oxygen atoms in total. The number of carbonyl (C=O) groups is 1. The van der Waals surface area contributed by atoms with Crippen LogP contribution < -0.4 is 16.4 Å². The van der Waals surface area contributed by atoms with E-state index in [-0.39, 0.29) is 17.0 Å². The minimum atomic E-state index is -0.241. The molecule has 0 spiro atoms. The van der Waals surface area contributed by atoms with E-state index in [1.807, 2.05) is 18.2 Å². The summed E-state index contributed by atoms with van der Waals surface area (Å²) in [5.41, 5.74) is 1.56. The lowest BCUT2D eigenvalue weighted by molar-refractivity contribution is -0.116. The zero-order valence-corrected chi connectivity index (χ0v) is 16.3. The number of anilines is 1. The monoisotopic (exact) mass is 403 g/mol. The Balaban J connectivity index is 1.26.